The van der Waals surface area contributed by atoms with Gasteiger partial charge < -0.3 is 4.57 Å². The van der Waals surface area contributed by atoms with Gasteiger partial charge in [-0.05, 0) is 53.1 Å². The summed E-state index contributed by atoms with van der Waals surface area (Å²) in [5.74, 6) is 1.77. The smallest absolute Gasteiger partial charge is 0.166 e. The summed E-state index contributed by atoms with van der Waals surface area (Å²) >= 11 is 1.84. The van der Waals surface area contributed by atoms with Gasteiger partial charge in [0.05, 0.1) is 21.4 Å². The van der Waals surface area contributed by atoms with Crippen LogP contribution in [-0.2, 0) is 0 Å². The molecule has 0 unspecified atom stereocenters. The lowest BCUT2D eigenvalue weighted by molar-refractivity contribution is 1.07. The van der Waals surface area contributed by atoms with Crippen LogP contribution < -0.4 is 0 Å². The van der Waals surface area contributed by atoms with Gasteiger partial charge in [0, 0.05) is 65.9 Å². The van der Waals surface area contributed by atoms with Crippen molar-refractivity contribution in [3.63, 3.8) is 0 Å². The van der Waals surface area contributed by atoms with Crippen LogP contribution >= 0.6 is 11.3 Å². The van der Waals surface area contributed by atoms with Gasteiger partial charge in [0.25, 0.3) is 0 Å². The van der Waals surface area contributed by atoms with Gasteiger partial charge in [-0.3, -0.25) is 4.98 Å². The molecule has 0 radical (unpaired) electrons. The Bertz CT molecular complexity index is 3560. The molecular weight excluding hydrogens is 775 g/mol. The Labute approximate surface area is 361 Å². The fourth-order valence-corrected chi connectivity index (χ4v) is 10.0. The van der Waals surface area contributed by atoms with Crippen LogP contribution in [0.15, 0.2) is 212 Å². The second-order valence-corrected chi connectivity index (χ2v) is 16.5. The first-order valence-corrected chi connectivity index (χ1v) is 21.5. The normalized spacial score (nSPS) is 11.5. The van der Waals surface area contributed by atoms with Crippen molar-refractivity contribution in [2.75, 3.05) is 0 Å². The molecule has 0 aliphatic carbocycles. The third-order valence-corrected chi connectivity index (χ3v) is 12.9. The number of nitrogens with zero attached hydrogens (tertiary/aromatic N) is 5. The van der Waals surface area contributed by atoms with E-state index < -0.39 is 0 Å². The Morgan fingerprint density at radius 2 is 0.935 bits per heavy atom. The molecule has 12 aromatic rings. The second kappa shape index (κ2) is 14.9. The molecule has 0 amide bonds. The average Bonchev–Trinajstić information content (AvgIpc) is 3.90. The largest absolute Gasteiger partial charge is 0.308 e. The summed E-state index contributed by atoms with van der Waals surface area (Å²) in [7, 11) is 0. The van der Waals surface area contributed by atoms with Crippen LogP contribution in [0, 0.1) is 0 Å². The third-order valence-electron chi connectivity index (χ3n) is 11.7. The van der Waals surface area contributed by atoms with Crippen LogP contribution in [-0.4, -0.2) is 24.5 Å². The molecule has 0 spiro atoms. The van der Waals surface area contributed by atoms with Crippen molar-refractivity contribution >= 4 is 53.3 Å². The van der Waals surface area contributed by atoms with Gasteiger partial charge in [0.15, 0.2) is 17.5 Å². The second-order valence-electron chi connectivity index (χ2n) is 15.4. The van der Waals surface area contributed by atoms with Crippen molar-refractivity contribution in [1.29, 1.82) is 0 Å². The van der Waals surface area contributed by atoms with E-state index in [1.165, 1.54) is 42.0 Å². The van der Waals surface area contributed by atoms with Gasteiger partial charge in [0.2, 0.25) is 0 Å². The van der Waals surface area contributed by atoms with Gasteiger partial charge in [-0.25, -0.2) is 15.0 Å². The molecule has 0 saturated carbocycles. The molecule has 6 heteroatoms. The summed E-state index contributed by atoms with van der Waals surface area (Å²) in [5.41, 5.74) is 12.3. The van der Waals surface area contributed by atoms with Crippen LogP contribution in [0.3, 0.4) is 0 Å². The highest BCUT2D eigenvalue weighted by Crippen LogP contribution is 2.45. The predicted octanol–water partition coefficient (Wildman–Crippen LogP) is 14.7. The molecule has 12 rings (SSSR count). The fraction of sp³-hybridized carbons (Fsp3) is 0. The van der Waals surface area contributed by atoms with E-state index in [0.29, 0.717) is 17.5 Å². The minimum absolute atomic E-state index is 0.559. The number of hydrogen-bond acceptors (Lipinski definition) is 5. The molecule has 0 bridgehead atoms. The van der Waals surface area contributed by atoms with Gasteiger partial charge >= 0.3 is 0 Å². The van der Waals surface area contributed by atoms with Gasteiger partial charge in [-0.2, -0.15) is 0 Å². The van der Waals surface area contributed by atoms with E-state index in [0.717, 1.165) is 55.9 Å². The Hall–Kier alpha value is -8.06. The molecule has 0 atom stereocenters. The molecule has 4 heterocycles. The number of rotatable bonds is 7. The molecule has 0 aliphatic rings. The molecular formula is C56H35N5S. The highest BCUT2D eigenvalue weighted by molar-refractivity contribution is 7.26. The van der Waals surface area contributed by atoms with E-state index in [2.05, 4.69) is 150 Å². The topological polar surface area (TPSA) is 56.5 Å². The minimum Gasteiger partial charge on any atom is -0.308 e. The maximum Gasteiger partial charge on any atom is 0.166 e. The molecule has 0 N–H and O–H groups in total. The van der Waals surface area contributed by atoms with Crippen LogP contribution in [0.5, 0.6) is 0 Å². The summed E-state index contributed by atoms with van der Waals surface area (Å²) < 4.78 is 4.90. The number of pyridine rings is 1. The standard InChI is InChI=1S/C56H35N5S/c1-5-17-36(18-6-1)42-25-13-14-26-43(42)40-34-48(56-59-54(37-19-7-2-8-20-37)58-55(60-56)38-21-9-3-10-22-38)51(57-35-40)39-29-32-50-47(33-39)46-31-30-45-44-27-15-16-28-49(44)61(52(45)53(46)62-50)41-23-11-4-12-24-41/h1-35H. The summed E-state index contributed by atoms with van der Waals surface area (Å²) in [4.78, 5) is 20.8. The zero-order chi connectivity index (χ0) is 41.0. The molecule has 8 aromatic carbocycles. The van der Waals surface area contributed by atoms with Crippen LogP contribution in [0.4, 0.5) is 0 Å². The van der Waals surface area contributed by atoms with Gasteiger partial charge in [-0.1, -0.05) is 170 Å². The fourth-order valence-electron chi connectivity index (χ4n) is 8.82. The predicted molar refractivity (Wildman–Crippen MR) is 257 cm³/mol. The number of hydrogen-bond donors (Lipinski definition) is 0. The molecule has 290 valence electrons. The zero-order valence-corrected chi connectivity index (χ0v) is 34.2. The SMILES string of the molecule is c1ccc(-c2nc(-c3ccccc3)nc(-c3cc(-c4ccccc4-c4ccccc4)cnc3-c3ccc4sc5c(ccc6c7ccccc7n(-c7ccccc7)c65)c4c3)n2)cc1. The van der Waals surface area contributed by atoms with Gasteiger partial charge in [0.1, 0.15) is 0 Å². The Morgan fingerprint density at radius 3 is 1.63 bits per heavy atom. The molecule has 4 aromatic heterocycles. The summed E-state index contributed by atoms with van der Waals surface area (Å²) in [6, 6.07) is 72.2. The summed E-state index contributed by atoms with van der Waals surface area (Å²) in [5, 5.41) is 4.90. The highest BCUT2D eigenvalue weighted by Gasteiger charge is 2.22. The quantitative estimate of drug-likeness (QED) is 0.161. The zero-order valence-electron chi connectivity index (χ0n) is 33.4. The van der Waals surface area contributed by atoms with Crippen LogP contribution in [0.2, 0.25) is 0 Å². The van der Waals surface area contributed by atoms with E-state index in [4.69, 9.17) is 19.9 Å². The van der Waals surface area contributed by atoms with Crippen molar-refractivity contribution in [1.82, 2.24) is 24.5 Å². The molecule has 0 aliphatic heterocycles. The van der Waals surface area contributed by atoms with E-state index in [9.17, 15) is 0 Å². The first-order chi connectivity index (χ1) is 30.7. The van der Waals surface area contributed by atoms with Crippen molar-refractivity contribution in [2.24, 2.45) is 0 Å². The Balaban J connectivity index is 1.10. The van der Waals surface area contributed by atoms with Crippen molar-refractivity contribution < 1.29 is 0 Å². The monoisotopic (exact) mass is 809 g/mol. The lowest BCUT2D eigenvalue weighted by Gasteiger charge is -2.15. The minimum atomic E-state index is 0.559. The lowest BCUT2D eigenvalue weighted by Crippen LogP contribution is -2.02. The first-order valence-electron chi connectivity index (χ1n) is 20.7. The van der Waals surface area contributed by atoms with E-state index in [1.54, 1.807) is 0 Å². The molecule has 5 nitrogen and oxygen atoms in total. The van der Waals surface area contributed by atoms with Crippen LogP contribution in [0.1, 0.15) is 0 Å². The lowest BCUT2D eigenvalue weighted by atomic mass is 9.93. The number of para-hydroxylation sites is 2. The summed E-state index contributed by atoms with van der Waals surface area (Å²) in [6.45, 7) is 0. The summed E-state index contributed by atoms with van der Waals surface area (Å²) in [6.07, 6.45) is 2.00. The number of thiophene rings is 1. The Kier molecular flexibility index (Phi) is 8.61. The maximum absolute atomic E-state index is 5.34. The maximum atomic E-state index is 5.34. The average molecular weight is 810 g/mol. The van der Waals surface area contributed by atoms with E-state index >= 15 is 0 Å². The molecule has 0 fully saturated rings. The number of benzene rings is 8. The molecule has 0 saturated heterocycles. The molecule has 62 heavy (non-hydrogen) atoms. The van der Waals surface area contributed by atoms with Crippen molar-refractivity contribution in [3.05, 3.63) is 212 Å². The van der Waals surface area contributed by atoms with E-state index in [-0.39, 0.29) is 0 Å². The van der Waals surface area contributed by atoms with Crippen LogP contribution in [0.25, 0.3) is 115 Å². The number of fused-ring (bicyclic) bond motifs is 7. The first kappa shape index (κ1) is 35.8. The number of aromatic nitrogens is 5. The van der Waals surface area contributed by atoms with Crippen molar-refractivity contribution in [2.45, 2.75) is 0 Å². The third kappa shape index (κ3) is 6.08. The van der Waals surface area contributed by atoms with E-state index in [1.807, 2.05) is 78.2 Å². The van der Waals surface area contributed by atoms with Gasteiger partial charge in [-0.15, -0.1) is 11.3 Å². The van der Waals surface area contributed by atoms with Crippen molar-refractivity contribution in [3.8, 4) is 73.4 Å². The Morgan fingerprint density at radius 1 is 0.371 bits per heavy atom. The highest BCUT2D eigenvalue weighted by atomic mass is 32.1.